The van der Waals surface area contributed by atoms with Crippen LogP contribution in [-0.2, 0) is 23.0 Å². The smallest absolute Gasteiger partial charge is 0.252 e. The average molecular weight is 567 g/mol. The average Bonchev–Trinajstić information content (AvgIpc) is 3.21. The van der Waals surface area contributed by atoms with Crippen molar-refractivity contribution in [3.05, 3.63) is 46.8 Å². The Morgan fingerprint density at radius 3 is 2.47 bits per heavy atom. The van der Waals surface area contributed by atoms with E-state index in [0.717, 1.165) is 16.2 Å². The number of halogens is 1. The summed E-state index contributed by atoms with van der Waals surface area (Å²) < 4.78 is 32.4. The largest absolute Gasteiger partial charge is 0.496 e. The number of nitrogens with zero attached hydrogens (tertiary/aromatic N) is 2. The van der Waals surface area contributed by atoms with Gasteiger partial charge >= 0.3 is 0 Å². The third kappa shape index (κ3) is 7.10. The molecule has 1 aromatic carbocycles. The molecule has 0 aliphatic heterocycles. The molecule has 0 saturated heterocycles. The van der Waals surface area contributed by atoms with Gasteiger partial charge in [-0.3, -0.25) is 4.99 Å². The number of thiophene rings is 1. The Kier molecular flexibility index (Phi) is 11.7. The summed E-state index contributed by atoms with van der Waals surface area (Å²) in [4.78, 5) is 5.25. The zero-order chi connectivity index (χ0) is 21.3. The number of methoxy groups -OCH3 is 1. The molecule has 7 nitrogen and oxygen atoms in total. The second kappa shape index (κ2) is 13.1. The summed E-state index contributed by atoms with van der Waals surface area (Å²) in [5, 5.41) is 6.53. The van der Waals surface area contributed by atoms with Gasteiger partial charge in [0.1, 0.15) is 9.96 Å². The first kappa shape index (κ1) is 26.7. The maximum Gasteiger partial charge on any atom is 0.252 e. The molecule has 0 radical (unpaired) electrons. The lowest BCUT2D eigenvalue weighted by atomic mass is 10.2. The fourth-order valence-corrected chi connectivity index (χ4v) is 5.84. The minimum absolute atomic E-state index is 0. The Hall–Kier alpha value is -1.37. The molecule has 168 valence electrons. The van der Waals surface area contributed by atoms with Gasteiger partial charge in [-0.2, -0.15) is 4.31 Å². The van der Waals surface area contributed by atoms with Gasteiger partial charge in [-0.1, -0.05) is 32.0 Å². The van der Waals surface area contributed by atoms with Crippen LogP contribution in [0.15, 0.2) is 45.6 Å². The number of hydrogen-bond acceptors (Lipinski definition) is 5. The van der Waals surface area contributed by atoms with Crippen LogP contribution in [0, 0.1) is 0 Å². The Labute approximate surface area is 201 Å². The summed E-state index contributed by atoms with van der Waals surface area (Å²) in [5.41, 5.74) is 1.04. The topological polar surface area (TPSA) is 83.0 Å². The Morgan fingerprint density at radius 2 is 1.83 bits per heavy atom. The lowest BCUT2D eigenvalue weighted by Crippen LogP contribution is -2.37. The van der Waals surface area contributed by atoms with E-state index in [1.807, 2.05) is 44.2 Å². The number of guanidine groups is 1. The normalized spacial score (nSPS) is 11.8. The number of sulfonamides is 1. The highest BCUT2D eigenvalue weighted by molar-refractivity contribution is 14.0. The zero-order valence-corrected chi connectivity index (χ0v) is 21.8. The summed E-state index contributed by atoms with van der Waals surface area (Å²) in [6, 6.07) is 11.4. The fraction of sp³-hybridized carbons (Fsp3) is 0.450. The first-order valence-corrected chi connectivity index (χ1v) is 11.9. The molecule has 0 spiro atoms. The minimum atomic E-state index is -3.39. The molecule has 30 heavy (non-hydrogen) atoms. The monoisotopic (exact) mass is 566 g/mol. The lowest BCUT2D eigenvalue weighted by Gasteiger charge is -2.16. The number of nitrogens with one attached hydrogen (secondary N) is 2. The van der Waals surface area contributed by atoms with E-state index >= 15 is 0 Å². The molecular weight excluding hydrogens is 535 g/mol. The van der Waals surface area contributed by atoms with Crippen molar-refractivity contribution in [2.24, 2.45) is 4.99 Å². The minimum Gasteiger partial charge on any atom is -0.496 e. The van der Waals surface area contributed by atoms with E-state index in [0.29, 0.717) is 42.8 Å². The second-order valence-corrected chi connectivity index (χ2v) is 9.56. The van der Waals surface area contributed by atoms with Gasteiger partial charge in [0.2, 0.25) is 0 Å². The van der Waals surface area contributed by atoms with Crippen LogP contribution in [0.4, 0.5) is 0 Å². The molecule has 0 aliphatic carbocycles. The quantitative estimate of drug-likeness (QED) is 0.262. The van der Waals surface area contributed by atoms with Crippen molar-refractivity contribution >= 4 is 51.3 Å². The maximum atomic E-state index is 12.6. The van der Waals surface area contributed by atoms with Gasteiger partial charge in [-0.25, -0.2) is 8.42 Å². The van der Waals surface area contributed by atoms with Crippen molar-refractivity contribution < 1.29 is 13.2 Å². The molecule has 2 N–H and O–H groups in total. The van der Waals surface area contributed by atoms with Gasteiger partial charge in [0, 0.05) is 43.7 Å². The van der Waals surface area contributed by atoms with Gasteiger partial charge < -0.3 is 15.4 Å². The molecule has 0 aliphatic rings. The number of ether oxygens (including phenoxy) is 1. The van der Waals surface area contributed by atoms with Gasteiger partial charge in [0.05, 0.1) is 7.11 Å². The molecule has 10 heteroatoms. The number of para-hydroxylation sites is 1. The van der Waals surface area contributed by atoms with Gasteiger partial charge in [0.25, 0.3) is 10.0 Å². The van der Waals surface area contributed by atoms with Crippen molar-refractivity contribution in [1.82, 2.24) is 14.9 Å². The molecule has 0 bridgehead atoms. The molecule has 0 fully saturated rings. The predicted molar refractivity (Wildman–Crippen MR) is 135 cm³/mol. The number of aliphatic imine (C=N–C) groups is 1. The summed E-state index contributed by atoms with van der Waals surface area (Å²) >= 11 is 1.33. The Balaban J connectivity index is 0.00000450. The molecule has 2 rings (SSSR count). The van der Waals surface area contributed by atoms with E-state index in [1.54, 1.807) is 20.2 Å². The molecule has 0 saturated carbocycles. The van der Waals surface area contributed by atoms with Crippen LogP contribution in [0.5, 0.6) is 5.75 Å². The maximum absolute atomic E-state index is 12.6. The zero-order valence-electron chi connectivity index (χ0n) is 17.8. The lowest BCUT2D eigenvalue weighted by molar-refractivity contribution is 0.409. The summed E-state index contributed by atoms with van der Waals surface area (Å²) in [7, 11) is -0.0147. The molecule has 0 unspecified atom stereocenters. The number of rotatable bonds is 10. The summed E-state index contributed by atoms with van der Waals surface area (Å²) in [5.74, 6) is 1.51. The van der Waals surface area contributed by atoms with Crippen LogP contribution in [0.2, 0.25) is 0 Å². The first-order valence-electron chi connectivity index (χ1n) is 9.61. The van der Waals surface area contributed by atoms with Gasteiger partial charge in [0.15, 0.2) is 5.96 Å². The van der Waals surface area contributed by atoms with Gasteiger partial charge in [-0.15, -0.1) is 35.3 Å². The van der Waals surface area contributed by atoms with Crippen LogP contribution in [0.25, 0.3) is 0 Å². The first-order chi connectivity index (χ1) is 14.0. The SMILES string of the molecule is CCN(CC)S(=O)(=O)c1ccc(CCNC(=NC)NCc2ccccc2OC)s1.I. The highest BCUT2D eigenvalue weighted by Crippen LogP contribution is 2.25. The third-order valence-electron chi connectivity index (χ3n) is 4.46. The predicted octanol–water partition coefficient (Wildman–Crippen LogP) is 3.31. The van der Waals surface area contributed by atoms with Crippen LogP contribution < -0.4 is 15.4 Å². The molecule has 0 atom stereocenters. The second-order valence-electron chi connectivity index (χ2n) is 6.22. The Bertz CT molecular complexity index is 912. The van der Waals surface area contributed by atoms with Crippen LogP contribution in [-0.4, -0.2) is 52.5 Å². The van der Waals surface area contributed by atoms with E-state index < -0.39 is 10.0 Å². The Morgan fingerprint density at radius 1 is 1.13 bits per heavy atom. The molecule has 0 amide bonds. The molecule has 2 aromatic rings. The van der Waals surface area contributed by atoms with Crippen molar-refractivity contribution in [2.45, 2.75) is 31.0 Å². The van der Waals surface area contributed by atoms with Crippen molar-refractivity contribution in [2.75, 3.05) is 33.8 Å². The van der Waals surface area contributed by atoms with Crippen LogP contribution in [0.1, 0.15) is 24.3 Å². The standard InChI is InChI=1S/C20H30N4O3S2.HI/c1-5-24(6-2)29(25,26)19-12-11-17(28-19)13-14-22-20(21-3)23-15-16-9-7-8-10-18(16)27-4;/h7-12H,5-6,13-15H2,1-4H3,(H2,21,22,23);1H. The van der Waals surface area contributed by atoms with Gasteiger partial charge in [-0.05, 0) is 24.6 Å². The number of hydrogen-bond donors (Lipinski definition) is 2. The van der Waals surface area contributed by atoms with E-state index in [4.69, 9.17) is 4.74 Å². The molecule has 1 heterocycles. The highest BCUT2D eigenvalue weighted by Gasteiger charge is 2.23. The molecular formula is C20H31IN4O3S2. The van der Waals surface area contributed by atoms with Crippen molar-refractivity contribution in [3.8, 4) is 5.75 Å². The van der Waals surface area contributed by atoms with E-state index in [2.05, 4.69) is 15.6 Å². The molecule has 1 aromatic heterocycles. The van der Waals surface area contributed by atoms with Crippen molar-refractivity contribution in [1.29, 1.82) is 0 Å². The van der Waals surface area contributed by atoms with Crippen molar-refractivity contribution in [3.63, 3.8) is 0 Å². The van der Waals surface area contributed by atoms with Crippen LogP contribution in [0.3, 0.4) is 0 Å². The fourth-order valence-electron chi connectivity index (χ4n) is 2.87. The third-order valence-corrected chi connectivity index (χ3v) is 8.13. The van der Waals surface area contributed by atoms with Crippen LogP contribution >= 0.6 is 35.3 Å². The van der Waals surface area contributed by atoms with E-state index in [-0.39, 0.29) is 24.0 Å². The highest BCUT2D eigenvalue weighted by atomic mass is 127. The summed E-state index contributed by atoms with van der Waals surface area (Å²) in [6.07, 6.45) is 0.716. The van der Waals surface area contributed by atoms with E-state index in [9.17, 15) is 8.42 Å². The summed E-state index contributed by atoms with van der Waals surface area (Å²) in [6.45, 7) is 5.89. The van der Waals surface area contributed by atoms with E-state index in [1.165, 1.54) is 15.6 Å². The number of benzene rings is 1.